The van der Waals surface area contributed by atoms with Crippen molar-refractivity contribution in [2.75, 3.05) is 11.9 Å². The number of imide groups is 1. The molecule has 1 atom stereocenters. The summed E-state index contributed by atoms with van der Waals surface area (Å²) in [6.45, 7) is 2.59. The highest BCUT2D eigenvalue weighted by Gasteiger charge is 2.50. The minimum atomic E-state index is -4.59. The number of amides is 4. The quantitative estimate of drug-likeness (QED) is 0.766. The lowest BCUT2D eigenvalue weighted by atomic mass is 9.90. The van der Waals surface area contributed by atoms with Gasteiger partial charge in [0.1, 0.15) is 12.1 Å². The fraction of sp³-hybridized carbons (Fsp3) is 0.250. The van der Waals surface area contributed by atoms with Gasteiger partial charge in [-0.2, -0.15) is 13.2 Å². The van der Waals surface area contributed by atoms with E-state index in [1.54, 1.807) is 18.2 Å². The molecule has 0 radical (unpaired) electrons. The fourth-order valence-corrected chi connectivity index (χ4v) is 3.11. The van der Waals surface area contributed by atoms with Crippen LogP contribution >= 0.6 is 0 Å². The number of nitrogens with one attached hydrogen (secondary N) is 2. The second kappa shape index (κ2) is 7.23. The number of halogens is 3. The minimum absolute atomic E-state index is 0.0210. The SMILES string of the molecule is Cc1cccc(NC(=O)CN2C(=O)N[C@](C)(c3cccc(C(F)(F)F)c3)C2=O)c1. The topological polar surface area (TPSA) is 78.5 Å². The average Bonchev–Trinajstić information content (AvgIpc) is 2.85. The molecule has 0 bridgehead atoms. The summed E-state index contributed by atoms with van der Waals surface area (Å²) in [6, 6.07) is 10.3. The second-order valence-electron chi connectivity index (χ2n) is 6.94. The van der Waals surface area contributed by atoms with Gasteiger partial charge in [0, 0.05) is 5.69 Å². The molecule has 0 spiro atoms. The van der Waals surface area contributed by atoms with Gasteiger partial charge in [0.2, 0.25) is 5.91 Å². The van der Waals surface area contributed by atoms with Gasteiger partial charge in [-0.25, -0.2) is 4.79 Å². The predicted molar refractivity (Wildman–Crippen MR) is 98.8 cm³/mol. The fourth-order valence-electron chi connectivity index (χ4n) is 3.11. The predicted octanol–water partition coefficient (Wildman–Crippen LogP) is 3.42. The number of hydrogen-bond acceptors (Lipinski definition) is 3. The number of hydrogen-bond donors (Lipinski definition) is 2. The number of rotatable bonds is 4. The molecule has 2 aromatic rings. The van der Waals surface area contributed by atoms with Gasteiger partial charge in [-0.05, 0) is 49.2 Å². The maximum atomic E-state index is 13.0. The summed E-state index contributed by atoms with van der Waals surface area (Å²) >= 11 is 0. The van der Waals surface area contributed by atoms with E-state index in [-0.39, 0.29) is 5.56 Å². The van der Waals surface area contributed by atoms with E-state index in [9.17, 15) is 27.6 Å². The van der Waals surface area contributed by atoms with Crippen LogP contribution in [0.4, 0.5) is 23.7 Å². The average molecular weight is 405 g/mol. The summed E-state index contributed by atoms with van der Waals surface area (Å²) in [5, 5.41) is 4.98. The first-order valence-corrected chi connectivity index (χ1v) is 8.69. The van der Waals surface area contributed by atoms with Crippen molar-refractivity contribution in [2.45, 2.75) is 25.6 Å². The molecule has 1 saturated heterocycles. The third-order valence-electron chi connectivity index (χ3n) is 4.65. The zero-order valence-corrected chi connectivity index (χ0v) is 15.6. The van der Waals surface area contributed by atoms with Crippen molar-refractivity contribution < 1.29 is 27.6 Å². The molecule has 2 N–H and O–H groups in total. The van der Waals surface area contributed by atoms with E-state index >= 15 is 0 Å². The molecule has 0 saturated carbocycles. The van der Waals surface area contributed by atoms with Crippen LogP contribution in [-0.4, -0.2) is 29.3 Å². The van der Waals surface area contributed by atoms with E-state index in [1.807, 2.05) is 13.0 Å². The van der Waals surface area contributed by atoms with Gasteiger partial charge in [0.05, 0.1) is 5.56 Å². The summed E-state index contributed by atoms with van der Waals surface area (Å²) in [5.74, 6) is -1.41. The van der Waals surface area contributed by atoms with Crippen molar-refractivity contribution in [2.24, 2.45) is 0 Å². The Hall–Kier alpha value is -3.36. The van der Waals surface area contributed by atoms with Crippen molar-refractivity contribution in [3.05, 3.63) is 65.2 Å². The van der Waals surface area contributed by atoms with E-state index in [1.165, 1.54) is 13.0 Å². The van der Waals surface area contributed by atoms with Gasteiger partial charge in [-0.15, -0.1) is 0 Å². The van der Waals surface area contributed by atoms with Crippen LogP contribution in [0.1, 0.15) is 23.6 Å². The summed E-state index contributed by atoms with van der Waals surface area (Å²) in [6.07, 6.45) is -4.59. The van der Waals surface area contributed by atoms with Crippen LogP contribution in [-0.2, 0) is 21.3 Å². The number of carbonyl (C=O) groups is 3. The van der Waals surface area contributed by atoms with Crippen molar-refractivity contribution in [3.8, 4) is 0 Å². The third-order valence-corrected chi connectivity index (χ3v) is 4.65. The Morgan fingerprint density at radius 1 is 1.14 bits per heavy atom. The first-order valence-electron chi connectivity index (χ1n) is 8.69. The van der Waals surface area contributed by atoms with E-state index in [4.69, 9.17) is 0 Å². The zero-order chi connectivity index (χ0) is 21.4. The zero-order valence-electron chi connectivity index (χ0n) is 15.6. The van der Waals surface area contributed by atoms with Gasteiger partial charge in [0.15, 0.2) is 0 Å². The lowest BCUT2D eigenvalue weighted by Crippen LogP contribution is -2.42. The van der Waals surface area contributed by atoms with Gasteiger partial charge in [-0.3, -0.25) is 14.5 Å². The summed E-state index contributed by atoms with van der Waals surface area (Å²) in [4.78, 5) is 38.1. The van der Waals surface area contributed by atoms with Crippen LogP contribution in [0, 0.1) is 6.92 Å². The van der Waals surface area contributed by atoms with Crippen molar-refractivity contribution in [3.63, 3.8) is 0 Å². The highest BCUT2D eigenvalue weighted by Crippen LogP contribution is 2.34. The maximum Gasteiger partial charge on any atom is 0.416 e. The van der Waals surface area contributed by atoms with Gasteiger partial charge in [-0.1, -0.05) is 24.3 Å². The van der Waals surface area contributed by atoms with E-state index < -0.39 is 41.7 Å². The molecule has 3 rings (SSSR count). The molecule has 0 unspecified atom stereocenters. The summed E-state index contributed by atoms with van der Waals surface area (Å²) in [7, 11) is 0. The van der Waals surface area contributed by atoms with Crippen LogP contribution in [0.5, 0.6) is 0 Å². The number of alkyl halides is 3. The lowest BCUT2D eigenvalue weighted by Gasteiger charge is -2.23. The molecule has 152 valence electrons. The Morgan fingerprint density at radius 3 is 2.48 bits per heavy atom. The molecule has 1 aliphatic rings. The number of carbonyl (C=O) groups excluding carboxylic acids is 3. The van der Waals surface area contributed by atoms with Crippen LogP contribution in [0.3, 0.4) is 0 Å². The van der Waals surface area contributed by atoms with E-state index in [0.717, 1.165) is 23.8 Å². The molecule has 9 heteroatoms. The molecule has 1 fully saturated rings. The normalized spacial score (nSPS) is 19.3. The Kier molecular flexibility index (Phi) is 5.08. The monoisotopic (exact) mass is 405 g/mol. The molecule has 6 nitrogen and oxygen atoms in total. The van der Waals surface area contributed by atoms with Crippen molar-refractivity contribution in [1.29, 1.82) is 0 Å². The van der Waals surface area contributed by atoms with Crippen molar-refractivity contribution in [1.82, 2.24) is 10.2 Å². The molecule has 2 aromatic carbocycles. The van der Waals surface area contributed by atoms with Crippen LogP contribution in [0.25, 0.3) is 0 Å². The summed E-state index contributed by atoms with van der Waals surface area (Å²) in [5.41, 5.74) is -1.25. The van der Waals surface area contributed by atoms with Crippen molar-refractivity contribution >= 4 is 23.5 Å². The standard InChI is InChI=1S/C20H18F3N3O3/c1-12-5-3-8-15(9-12)24-16(27)11-26-17(28)19(2,25-18(26)29)13-6-4-7-14(10-13)20(21,22)23/h3-10H,11H2,1-2H3,(H,24,27)(H,25,29)/t19-/m1/s1. The first kappa shape index (κ1) is 20.4. The smallest absolute Gasteiger partial charge is 0.325 e. The largest absolute Gasteiger partial charge is 0.416 e. The molecular formula is C20H18F3N3O3. The number of anilines is 1. The molecule has 1 aliphatic heterocycles. The van der Waals surface area contributed by atoms with Crippen LogP contribution in [0.15, 0.2) is 48.5 Å². The molecule has 29 heavy (non-hydrogen) atoms. The van der Waals surface area contributed by atoms with Gasteiger partial charge >= 0.3 is 12.2 Å². The molecule has 1 heterocycles. The number of urea groups is 1. The Morgan fingerprint density at radius 2 is 1.83 bits per heavy atom. The molecule has 4 amide bonds. The second-order valence-corrected chi connectivity index (χ2v) is 6.94. The first-order chi connectivity index (χ1) is 13.5. The number of aryl methyl sites for hydroxylation is 1. The number of nitrogens with zero attached hydrogens (tertiary/aromatic N) is 1. The Balaban J connectivity index is 1.79. The Labute approximate surface area is 164 Å². The summed E-state index contributed by atoms with van der Waals surface area (Å²) < 4.78 is 39.0. The highest BCUT2D eigenvalue weighted by atomic mass is 19.4. The highest BCUT2D eigenvalue weighted by molar-refractivity contribution is 6.10. The Bertz CT molecular complexity index is 990. The lowest BCUT2D eigenvalue weighted by molar-refractivity contribution is -0.138. The number of benzene rings is 2. The van der Waals surface area contributed by atoms with E-state index in [2.05, 4.69) is 10.6 Å². The van der Waals surface area contributed by atoms with Gasteiger partial charge in [0.25, 0.3) is 5.91 Å². The third kappa shape index (κ3) is 4.08. The molecular weight excluding hydrogens is 387 g/mol. The molecule has 0 aliphatic carbocycles. The van der Waals surface area contributed by atoms with Crippen LogP contribution < -0.4 is 10.6 Å². The van der Waals surface area contributed by atoms with Crippen LogP contribution in [0.2, 0.25) is 0 Å². The minimum Gasteiger partial charge on any atom is -0.325 e. The van der Waals surface area contributed by atoms with Gasteiger partial charge < -0.3 is 10.6 Å². The maximum absolute atomic E-state index is 13.0. The van der Waals surface area contributed by atoms with E-state index in [0.29, 0.717) is 10.6 Å². The molecule has 0 aromatic heterocycles.